The Labute approximate surface area is 196 Å². The van der Waals surface area contributed by atoms with E-state index in [2.05, 4.69) is 5.32 Å². The minimum Gasteiger partial charge on any atom is -0.423 e. The number of fused-ring (bicyclic) bond motifs is 2. The van der Waals surface area contributed by atoms with Crippen LogP contribution in [-0.4, -0.2) is 44.0 Å². The Hall–Kier alpha value is -3.73. The van der Waals surface area contributed by atoms with Gasteiger partial charge in [0.25, 0.3) is 5.91 Å². The Balaban J connectivity index is 1.57. The normalized spacial score (nSPS) is 13.0. The molecule has 0 aliphatic carbocycles. The fourth-order valence-corrected chi connectivity index (χ4v) is 4.38. The Morgan fingerprint density at radius 2 is 2.09 bits per heavy atom. The fraction of sp³-hybridized carbons (Fsp3) is 0.208. The largest absolute Gasteiger partial charge is 0.488 e. The number of nitrogens with zero attached hydrogens (tertiary/aromatic N) is 3. The highest BCUT2D eigenvalue weighted by Gasteiger charge is 2.22. The maximum absolute atomic E-state index is 11.9. The molecule has 0 unspecified atom stereocenters. The Bertz CT molecular complexity index is 1400. The summed E-state index contributed by atoms with van der Waals surface area (Å²) in [4.78, 5) is 21.6. The van der Waals surface area contributed by atoms with E-state index >= 15 is 0 Å². The van der Waals surface area contributed by atoms with Crippen molar-refractivity contribution in [3.63, 3.8) is 0 Å². The van der Waals surface area contributed by atoms with Gasteiger partial charge in [-0.25, -0.2) is 9.97 Å². The number of aryl methyl sites for hydroxylation is 1. The van der Waals surface area contributed by atoms with Crippen molar-refractivity contribution < 1.29 is 19.6 Å². The van der Waals surface area contributed by atoms with Gasteiger partial charge in [-0.05, 0) is 41.7 Å². The van der Waals surface area contributed by atoms with Crippen LogP contribution >= 0.6 is 0 Å². The number of nitrogens with two attached hydrogens (primary N) is 1. The molecule has 172 valence electrons. The van der Waals surface area contributed by atoms with Crippen LogP contribution in [0.1, 0.15) is 32.7 Å². The molecule has 5 rings (SSSR count). The molecule has 9 nitrogen and oxygen atoms in total. The van der Waals surface area contributed by atoms with Gasteiger partial charge in [-0.15, -0.1) is 0 Å². The van der Waals surface area contributed by atoms with E-state index in [1.165, 1.54) is 0 Å². The van der Waals surface area contributed by atoms with Crippen LogP contribution in [0.25, 0.3) is 17.0 Å². The average molecular weight is 457 g/mol. The van der Waals surface area contributed by atoms with E-state index in [1.54, 1.807) is 30.3 Å². The van der Waals surface area contributed by atoms with Crippen molar-refractivity contribution in [2.24, 2.45) is 5.73 Å². The number of aromatic nitrogens is 3. The summed E-state index contributed by atoms with van der Waals surface area (Å²) in [6, 6.07) is 12.5. The fourth-order valence-electron chi connectivity index (χ4n) is 4.38. The summed E-state index contributed by atoms with van der Waals surface area (Å²) in [5.74, 6) is 0.732. The van der Waals surface area contributed by atoms with Crippen molar-refractivity contribution in [2.45, 2.75) is 26.5 Å². The average Bonchev–Trinajstić information content (AvgIpc) is 3.18. The number of carbonyl (C=O) groups is 1. The Kier molecular flexibility index (Phi) is 5.78. The van der Waals surface area contributed by atoms with Gasteiger partial charge in [0.05, 0.1) is 35.7 Å². The molecule has 0 atom stereocenters. The maximum Gasteiger partial charge on any atom is 0.488 e. The molecule has 0 radical (unpaired) electrons. The second kappa shape index (κ2) is 8.90. The van der Waals surface area contributed by atoms with Gasteiger partial charge in [-0.3, -0.25) is 4.79 Å². The lowest BCUT2D eigenvalue weighted by molar-refractivity contribution is 0.100. The predicted molar refractivity (Wildman–Crippen MR) is 129 cm³/mol. The number of anilines is 1. The summed E-state index contributed by atoms with van der Waals surface area (Å²) >= 11 is 0. The van der Waals surface area contributed by atoms with Crippen LogP contribution < -0.4 is 16.5 Å². The van der Waals surface area contributed by atoms with Crippen LogP contribution in [0.3, 0.4) is 0 Å². The van der Waals surface area contributed by atoms with Crippen LogP contribution in [0.4, 0.5) is 5.82 Å². The third-order valence-electron chi connectivity index (χ3n) is 6.02. The Morgan fingerprint density at radius 3 is 2.88 bits per heavy atom. The highest BCUT2D eigenvalue weighted by Crippen LogP contribution is 2.30. The Morgan fingerprint density at radius 1 is 1.24 bits per heavy atom. The molecular formula is C24H24BN5O4. The van der Waals surface area contributed by atoms with Crippen molar-refractivity contribution in [3.05, 3.63) is 76.6 Å². The smallest absolute Gasteiger partial charge is 0.423 e. The predicted octanol–water partition coefficient (Wildman–Crippen LogP) is 1.17. The zero-order chi connectivity index (χ0) is 23.8. The van der Waals surface area contributed by atoms with E-state index in [0.717, 1.165) is 28.1 Å². The molecule has 0 saturated heterocycles. The van der Waals surface area contributed by atoms with Crippen molar-refractivity contribution in [1.29, 1.82) is 0 Å². The third-order valence-corrected chi connectivity index (χ3v) is 6.02. The lowest BCUT2D eigenvalue weighted by atomic mass is 9.79. The molecule has 5 N–H and O–H groups in total. The van der Waals surface area contributed by atoms with E-state index in [-0.39, 0.29) is 0 Å². The lowest BCUT2D eigenvalue weighted by Gasteiger charge is -2.20. The molecule has 3 aromatic heterocycles. The zero-order valence-corrected chi connectivity index (χ0v) is 18.7. The lowest BCUT2D eigenvalue weighted by Crippen LogP contribution is -2.30. The third kappa shape index (κ3) is 4.03. The number of benzene rings is 1. The van der Waals surface area contributed by atoms with Gasteiger partial charge in [0, 0.05) is 24.7 Å². The van der Waals surface area contributed by atoms with Crippen molar-refractivity contribution in [1.82, 2.24) is 14.4 Å². The molecule has 0 spiro atoms. The highest BCUT2D eigenvalue weighted by atomic mass is 16.5. The zero-order valence-electron chi connectivity index (χ0n) is 18.7. The number of nitrogens with one attached hydrogen (secondary N) is 1. The first-order valence-electron chi connectivity index (χ1n) is 11.0. The van der Waals surface area contributed by atoms with E-state index in [1.807, 2.05) is 29.7 Å². The summed E-state index contributed by atoms with van der Waals surface area (Å²) in [6.45, 7) is 3.38. The first-order chi connectivity index (χ1) is 16.4. The van der Waals surface area contributed by atoms with Crippen LogP contribution in [0.5, 0.6) is 0 Å². The van der Waals surface area contributed by atoms with Crippen molar-refractivity contribution >= 4 is 29.8 Å². The standard InChI is InChI=1S/C24H24BN5O4/c1-14-10-20-18(22(26)31)6-3-8-30(20)21(14)24-28-19-13-34-9-7-17(19)23(29-24)27-12-15-4-2-5-16(11-15)25(32)33/h2-6,8,10-11,32-33H,7,9,12-13H2,1H3,(H2,26,31)(H,27,28,29). The van der Waals surface area contributed by atoms with Gasteiger partial charge in [0.2, 0.25) is 0 Å². The monoisotopic (exact) mass is 457 g/mol. The molecule has 1 aliphatic heterocycles. The maximum atomic E-state index is 11.9. The van der Waals surface area contributed by atoms with Gasteiger partial charge >= 0.3 is 7.12 Å². The van der Waals surface area contributed by atoms with E-state index in [0.29, 0.717) is 54.4 Å². The van der Waals surface area contributed by atoms with Crippen LogP contribution in [0.2, 0.25) is 0 Å². The van der Waals surface area contributed by atoms with Gasteiger partial charge < -0.3 is 30.2 Å². The van der Waals surface area contributed by atoms with Crippen molar-refractivity contribution in [3.8, 4) is 11.5 Å². The molecule has 0 fully saturated rings. The van der Waals surface area contributed by atoms with Crippen LogP contribution in [0.15, 0.2) is 48.7 Å². The molecule has 34 heavy (non-hydrogen) atoms. The number of carbonyl (C=O) groups excluding carboxylic acids is 1. The summed E-state index contributed by atoms with van der Waals surface area (Å²) in [6.07, 6.45) is 2.55. The summed E-state index contributed by atoms with van der Waals surface area (Å²) in [5.41, 5.74) is 11.5. The molecule has 4 heterocycles. The second-order valence-electron chi connectivity index (χ2n) is 8.31. The SMILES string of the molecule is Cc1cc2c(C(N)=O)cccn2c1-c1nc2c(c(NCc3cccc(B(O)O)c3)n1)CCOC2. The highest BCUT2D eigenvalue weighted by molar-refractivity contribution is 6.58. The topological polar surface area (TPSA) is 135 Å². The molecule has 1 aromatic carbocycles. The molecule has 10 heteroatoms. The van der Waals surface area contributed by atoms with Crippen LogP contribution in [-0.2, 0) is 24.3 Å². The second-order valence-corrected chi connectivity index (χ2v) is 8.31. The number of hydrogen-bond donors (Lipinski definition) is 4. The van der Waals surface area contributed by atoms with E-state index < -0.39 is 13.0 Å². The van der Waals surface area contributed by atoms with E-state index in [4.69, 9.17) is 20.4 Å². The van der Waals surface area contributed by atoms with E-state index in [9.17, 15) is 14.8 Å². The summed E-state index contributed by atoms with van der Waals surface area (Å²) in [7, 11) is -1.52. The number of amides is 1. The van der Waals surface area contributed by atoms with Gasteiger partial charge in [-0.1, -0.05) is 24.3 Å². The van der Waals surface area contributed by atoms with Gasteiger partial charge in [0.1, 0.15) is 5.82 Å². The van der Waals surface area contributed by atoms with Crippen molar-refractivity contribution in [2.75, 3.05) is 11.9 Å². The first kappa shape index (κ1) is 22.1. The summed E-state index contributed by atoms with van der Waals surface area (Å²) < 4.78 is 7.54. The quantitative estimate of drug-likeness (QED) is 0.319. The first-order valence-corrected chi connectivity index (χ1v) is 11.0. The number of rotatable bonds is 6. The minimum absolute atomic E-state index is 0.389. The molecule has 0 bridgehead atoms. The number of hydrogen-bond acceptors (Lipinski definition) is 7. The molecule has 1 amide bonds. The van der Waals surface area contributed by atoms with Gasteiger partial charge in [0.15, 0.2) is 5.82 Å². The minimum atomic E-state index is -1.52. The molecule has 1 aliphatic rings. The molecular weight excluding hydrogens is 433 g/mol. The summed E-state index contributed by atoms with van der Waals surface area (Å²) in [5, 5.41) is 22.3. The number of ether oxygens (including phenoxy) is 1. The van der Waals surface area contributed by atoms with Crippen LogP contribution in [0, 0.1) is 6.92 Å². The number of primary amides is 1. The molecule has 4 aromatic rings. The van der Waals surface area contributed by atoms with Gasteiger partial charge in [-0.2, -0.15) is 0 Å². The molecule has 0 saturated carbocycles. The number of pyridine rings is 1.